The summed E-state index contributed by atoms with van der Waals surface area (Å²) in [6.07, 6.45) is 5.84. The molecule has 2 fully saturated rings. The van der Waals surface area contributed by atoms with Crippen LogP contribution in [0.5, 0.6) is 0 Å². The smallest absolute Gasteiger partial charge is 0.409 e. The maximum Gasteiger partial charge on any atom is 0.409 e. The van der Waals surface area contributed by atoms with Crippen molar-refractivity contribution >= 4 is 11.9 Å². The van der Waals surface area contributed by atoms with E-state index in [0.717, 1.165) is 37.6 Å². The van der Waals surface area contributed by atoms with Crippen LogP contribution in [0.15, 0.2) is 12.3 Å². The monoisotopic (exact) mass is 276 g/mol. The first-order chi connectivity index (χ1) is 9.76. The van der Waals surface area contributed by atoms with Crippen LogP contribution in [0.3, 0.4) is 0 Å². The molecule has 2 heterocycles. The molecule has 1 saturated carbocycles. The highest BCUT2D eigenvalue weighted by atomic mass is 16.5. The lowest BCUT2D eigenvalue weighted by atomic mass is 10.1. The van der Waals surface area contributed by atoms with Gasteiger partial charge in [-0.15, -0.1) is 0 Å². The first kappa shape index (κ1) is 13.1. The Kier molecular flexibility index (Phi) is 3.71. The fourth-order valence-corrected chi connectivity index (χ4v) is 2.54. The SMILES string of the molecule is COC(=O)N1CCC(Nc2ccnc(C3CC3)n2)CC1. The minimum Gasteiger partial charge on any atom is -0.453 e. The maximum absolute atomic E-state index is 11.4. The van der Waals surface area contributed by atoms with Gasteiger partial charge >= 0.3 is 6.09 Å². The molecule has 0 aromatic carbocycles. The number of anilines is 1. The van der Waals surface area contributed by atoms with E-state index < -0.39 is 0 Å². The number of ether oxygens (including phenoxy) is 1. The van der Waals surface area contributed by atoms with Crippen LogP contribution in [0.2, 0.25) is 0 Å². The molecule has 20 heavy (non-hydrogen) atoms. The van der Waals surface area contributed by atoms with Crippen molar-refractivity contribution in [2.45, 2.75) is 37.6 Å². The number of rotatable bonds is 3. The zero-order chi connectivity index (χ0) is 13.9. The Morgan fingerprint density at radius 3 is 2.75 bits per heavy atom. The fraction of sp³-hybridized carbons (Fsp3) is 0.643. The minimum atomic E-state index is -0.235. The van der Waals surface area contributed by atoms with E-state index >= 15 is 0 Å². The van der Waals surface area contributed by atoms with Crippen LogP contribution in [0.1, 0.15) is 37.4 Å². The topological polar surface area (TPSA) is 67.3 Å². The van der Waals surface area contributed by atoms with E-state index in [-0.39, 0.29) is 6.09 Å². The molecule has 0 spiro atoms. The van der Waals surface area contributed by atoms with Gasteiger partial charge in [0.05, 0.1) is 7.11 Å². The van der Waals surface area contributed by atoms with Crippen molar-refractivity contribution in [1.29, 1.82) is 0 Å². The summed E-state index contributed by atoms with van der Waals surface area (Å²) < 4.78 is 4.74. The van der Waals surface area contributed by atoms with E-state index in [4.69, 9.17) is 4.74 Å². The first-order valence-corrected chi connectivity index (χ1v) is 7.18. The van der Waals surface area contributed by atoms with Crippen molar-refractivity contribution in [2.75, 3.05) is 25.5 Å². The van der Waals surface area contributed by atoms with Crippen LogP contribution >= 0.6 is 0 Å². The molecule has 2 aliphatic rings. The van der Waals surface area contributed by atoms with Crippen LogP contribution < -0.4 is 5.32 Å². The Hall–Kier alpha value is -1.85. The summed E-state index contributed by atoms with van der Waals surface area (Å²) in [5, 5.41) is 3.45. The number of nitrogens with zero attached hydrogens (tertiary/aromatic N) is 3. The molecule has 108 valence electrons. The fourth-order valence-electron chi connectivity index (χ4n) is 2.54. The van der Waals surface area contributed by atoms with Crippen molar-refractivity contribution in [3.05, 3.63) is 18.1 Å². The molecule has 0 radical (unpaired) electrons. The summed E-state index contributed by atoms with van der Waals surface area (Å²) in [7, 11) is 1.42. The summed E-state index contributed by atoms with van der Waals surface area (Å²) in [4.78, 5) is 22.1. The van der Waals surface area contributed by atoms with Crippen LogP contribution in [0.4, 0.5) is 10.6 Å². The van der Waals surface area contributed by atoms with E-state index in [9.17, 15) is 4.79 Å². The second kappa shape index (κ2) is 5.64. The lowest BCUT2D eigenvalue weighted by molar-refractivity contribution is 0.113. The van der Waals surface area contributed by atoms with Gasteiger partial charge in [-0.2, -0.15) is 0 Å². The number of carbonyl (C=O) groups excluding carboxylic acids is 1. The second-order valence-corrected chi connectivity index (χ2v) is 5.45. The van der Waals surface area contributed by atoms with Crippen molar-refractivity contribution in [3.63, 3.8) is 0 Å². The number of nitrogens with one attached hydrogen (secondary N) is 1. The number of piperidine rings is 1. The average Bonchev–Trinajstić information content (AvgIpc) is 3.32. The van der Waals surface area contributed by atoms with Gasteiger partial charge in [-0.1, -0.05) is 0 Å². The van der Waals surface area contributed by atoms with E-state index in [1.54, 1.807) is 4.90 Å². The Morgan fingerprint density at radius 2 is 2.10 bits per heavy atom. The zero-order valence-electron chi connectivity index (χ0n) is 11.7. The van der Waals surface area contributed by atoms with Crippen LogP contribution in [-0.4, -0.2) is 47.2 Å². The molecule has 1 N–H and O–H groups in total. The van der Waals surface area contributed by atoms with Gasteiger partial charge in [-0.05, 0) is 31.7 Å². The number of carbonyl (C=O) groups is 1. The van der Waals surface area contributed by atoms with Crippen LogP contribution in [0.25, 0.3) is 0 Å². The van der Waals surface area contributed by atoms with Gasteiger partial charge < -0.3 is 15.0 Å². The normalized spacial score (nSPS) is 19.8. The summed E-state index contributed by atoms with van der Waals surface area (Å²) in [6.45, 7) is 1.45. The lowest BCUT2D eigenvalue weighted by Gasteiger charge is -2.31. The molecule has 6 nitrogen and oxygen atoms in total. The van der Waals surface area contributed by atoms with Gasteiger partial charge in [-0.25, -0.2) is 14.8 Å². The number of hydrogen-bond donors (Lipinski definition) is 1. The Labute approximate surface area is 118 Å². The van der Waals surface area contributed by atoms with Gasteiger partial charge in [-0.3, -0.25) is 0 Å². The van der Waals surface area contributed by atoms with Crippen LogP contribution in [0, 0.1) is 0 Å². The van der Waals surface area contributed by atoms with E-state index in [0.29, 0.717) is 12.0 Å². The molecule has 1 aromatic heterocycles. The van der Waals surface area contributed by atoms with Gasteiger partial charge in [0.25, 0.3) is 0 Å². The third kappa shape index (κ3) is 3.00. The standard InChI is InChI=1S/C14H20N4O2/c1-20-14(19)18-8-5-11(6-9-18)16-12-4-7-15-13(17-12)10-2-3-10/h4,7,10-11H,2-3,5-6,8-9H2,1H3,(H,15,16,17). The summed E-state index contributed by atoms with van der Waals surface area (Å²) >= 11 is 0. The Morgan fingerprint density at radius 1 is 1.35 bits per heavy atom. The van der Waals surface area contributed by atoms with E-state index in [2.05, 4.69) is 15.3 Å². The van der Waals surface area contributed by atoms with Crippen molar-refractivity contribution in [1.82, 2.24) is 14.9 Å². The van der Waals surface area contributed by atoms with Crippen molar-refractivity contribution in [3.8, 4) is 0 Å². The van der Waals surface area contributed by atoms with Crippen molar-refractivity contribution in [2.24, 2.45) is 0 Å². The molecule has 6 heteroatoms. The summed E-state index contributed by atoms with van der Waals surface area (Å²) in [5.74, 6) is 2.43. The number of methoxy groups -OCH3 is 1. The highest BCUT2D eigenvalue weighted by Crippen LogP contribution is 2.38. The van der Waals surface area contributed by atoms with Gasteiger partial charge in [0, 0.05) is 31.2 Å². The van der Waals surface area contributed by atoms with Gasteiger partial charge in [0.2, 0.25) is 0 Å². The Bertz CT molecular complexity index is 482. The first-order valence-electron chi connectivity index (χ1n) is 7.18. The second-order valence-electron chi connectivity index (χ2n) is 5.45. The Balaban J connectivity index is 1.54. The molecule has 0 bridgehead atoms. The number of amides is 1. The highest BCUT2D eigenvalue weighted by molar-refractivity contribution is 5.67. The summed E-state index contributed by atoms with van der Waals surface area (Å²) in [5.41, 5.74) is 0. The summed E-state index contributed by atoms with van der Waals surface area (Å²) in [6, 6.07) is 2.27. The minimum absolute atomic E-state index is 0.235. The van der Waals surface area contributed by atoms with Crippen LogP contribution in [-0.2, 0) is 4.74 Å². The number of aromatic nitrogens is 2. The van der Waals surface area contributed by atoms with Crippen molar-refractivity contribution < 1.29 is 9.53 Å². The molecule has 0 atom stereocenters. The molecular weight excluding hydrogens is 256 g/mol. The molecule has 1 aliphatic carbocycles. The molecular formula is C14H20N4O2. The zero-order valence-corrected chi connectivity index (χ0v) is 11.7. The highest BCUT2D eigenvalue weighted by Gasteiger charge is 2.27. The van der Waals surface area contributed by atoms with E-state index in [1.807, 2.05) is 12.3 Å². The van der Waals surface area contributed by atoms with Gasteiger partial charge in [0.1, 0.15) is 11.6 Å². The third-order valence-corrected chi connectivity index (χ3v) is 3.90. The molecule has 1 amide bonds. The molecule has 3 rings (SSSR count). The number of hydrogen-bond acceptors (Lipinski definition) is 5. The number of likely N-dealkylation sites (tertiary alicyclic amines) is 1. The van der Waals surface area contributed by atoms with Gasteiger partial charge in [0.15, 0.2) is 0 Å². The van der Waals surface area contributed by atoms with E-state index in [1.165, 1.54) is 20.0 Å². The third-order valence-electron chi connectivity index (χ3n) is 3.90. The lowest BCUT2D eigenvalue weighted by Crippen LogP contribution is -2.42. The largest absolute Gasteiger partial charge is 0.453 e. The maximum atomic E-state index is 11.4. The molecule has 1 saturated heterocycles. The predicted octanol–water partition coefficient (Wildman–Crippen LogP) is 2.00. The molecule has 1 aromatic rings. The average molecular weight is 276 g/mol. The molecule has 0 unspecified atom stereocenters. The predicted molar refractivity (Wildman–Crippen MR) is 74.6 cm³/mol. The quantitative estimate of drug-likeness (QED) is 0.914. The molecule has 1 aliphatic heterocycles.